The highest BCUT2D eigenvalue weighted by Gasteiger charge is 2.06. The van der Waals surface area contributed by atoms with Crippen LogP contribution in [0.3, 0.4) is 0 Å². The second-order valence-corrected chi connectivity index (χ2v) is 5.00. The van der Waals surface area contributed by atoms with Crippen molar-refractivity contribution in [3.05, 3.63) is 58.1 Å². The molecule has 0 aliphatic heterocycles. The van der Waals surface area contributed by atoms with Crippen LogP contribution in [0.1, 0.15) is 15.9 Å². The lowest BCUT2D eigenvalue weighted by atomic mass is 10.2. The molecule has 1 amide bonds. The lowest BCUT2D eigenvalue weighted by molar-refractivity contribution is 0.102. The summed E-state index contributed by atoms with van der Waals surface area (Å²) in [6.07, 6.45) is 0. The highest BCUT2D eigenvalue weighted by Crippen LogP contribution is 2.20. The van der Waals surface area contributed by atoms with Gasteiger partial charge in [-0.3, -0.25) is 4.79 Å². The van der Waals surface area contributed by atoms with E-state index in [0.29, 0.717) is 5.56 Å². The Morgan fingerprint density at radius 1 is 1.16 bits per heavy atom. The molecule has 0 radical (unpaired) electrons. The first kappa shape index (κ1) is 13.6. The van der Waals surface area contributed by atoms with Crippen LogP contribution >= 0.6 is 15.9 Å². The number of halogens is 1. The van der Waals surface area contributed by atoms with Gasteiger partial charge >= 0.3 is 0 Å². The summed E-state index contributed by atoms with van der Waals surface area (Å²) in [6.45, 7) is 1.98. The molecular weight excluding hydrogens is 306 g/mol. The van der Waals surface area contributed by atoms with Crippen molar-refractivity contribution in [3.8, 4) is 5.75 Å². The molecule has 1 N–H and O–H groups in total. The number of rotatable bonds is 3. The molecular formula is C15H14BrNO2. The van der Waals surface area contributed by atoms with E-state index in [1.54, 1.807) is 31.4 Å². The summed E-state index contributed by atoms with van der Waals surface area (Å²) in [4.78, 5) is 12.0. The standard InChI is InChI=1S/C15H14BrNO2/c1-10-9-12(5-8-14(10)16)17-15(18)11-3-6-13(19-2)7-4-11/h3-9H,1-2H3,(H,17,18). The molecule has 0 atom stereocenters. The van der Waals surface area contributed by atoms with Crippen molar-refractivity contribution in [2.24, 2.45) is 0 Å². The van der Waals surface area contributed by atoms with Crippen molar-refractivity contribution in [2.75, 3.05) is 12.4 Å². The summed E-state index contributed by atoms with van der Waals surface area (Å²) in [5.41, 5.74) is 2.45. The Balaban J connectivity index is 2.13. The number of anilines is 1. The van der Waals surface area contributed by atoms with Gasteiger partial charge in [0.1, 0.15) is 5.75 Å². The van der Waals surface area contributed by atoms with E-state index < -0.39 is 0 Å². The fraction of sp³-hybridized carbons (Fsp3) is 0.133. The maximum Gasteiger partial charge on any atom is 0.255 e. The number of hydrogen-bond acceptors (Lipinski definition) is 2. The number of carbonyl (C=O) groups excluding carboxylic acids is 1. The van der Waals surface area contributed by atoms with E-state index in [2.05, 4.69) is 21.2 Å². The number of nitrogens with one attached hydrogen (secondary N) is 1. The van der Waals surface area contributed by atoms with Gasteiger partial charge in [0.2, 0.25) is 0 Å². The van der Waals surface area contributed by atoms with Gasteiger partial charge in [-0.2, -0.15) is 0 Å². The van der Waals surface area contributed by atoms with Crippen LogP contribution in [0.5, 0.6) is 5.75 Å². The average Bonchev–Trinajstić information content (AvgIpc) is 2.43. The van der Waals surface area contributed by atoms with Gasteiger partial charge in [0, 0.05) is 15.7 Å². The van der Waals surface area contributed by atoms with Crippen LogP contribution in [0.15, 0.2) is 46.9 Å². The fourth-order valence-corrected chi connectivity index (χ4v) is 1.91. The Bertz CT molecular complexity index is 594. The zero-order chi connectivity index (χ0) is 13.8. The number of benzene rings is 2. The molecule has 4 heteroatoms. The molecule has 0 aromatic heterocycles. The molecule has 98 valence electrons. The number of carbonyl (C=O) groups is 1. The molecule has 2 aromatic carbocycles. The predicted molar refractivity (Wildman–Crippen MR) is 79.8 cm³/mol. The second kappa shape index (κ2) is 5.89. The lowest BCUT2D eigenvalue weighted by Crippen LogP contribution is -2.11. The maximum atomic E-state index is 12.0. The highest BCUT2D eigenvalue weighted by atomic mass is 79.9. The molecule has 0 aliphatic carbocycles. The van der Waals surface area contributed by atoms with Gasteiger partial charge in [0.05, 0.1) is 7.11 Å². The van der Waals surface area contributed by atoms with Crippen LogP contribution in [0.2, 0.25) is 0 Å². The van der Waals surface area contributed by atoms with E-state index in [-0.39, 0.29) is 5.91 Å². The zero-order valence-corrected chi connectivity index (χ0v) is 12.3. The first-order valence-corrected chi connectivity index (χ1v) is 6.61. The molecule has 0 saturated heterocycles. The molecule has 0 saturated carbocycles. The number of hydrogen-bond donors (Lipinski definition) is 1. The van der Waals surface area contributed by atoms with Crippen molar-refractivity contribution < 1.29 is 9.53 Å². The molecule has 0 fully saturated rings. The first-order chi connectivity index (χ1) is 9.10. The SMILES string of the molecule is COc1ccc(C(=O)Nc2ccc(Br)c(C)c2)cc1. The Hall–Kier alpha value is -1.81. The lowest BCUT2D eigenvalue weighted by Gasteiger charge is -2.07. The van der Waals surface area contributed by atoms with E-state index in [1.165, 1.54) is 0 Å². The zero-order valence-electron chi connectivity index (χ0n) is 10.7. The van der Waals surface area contributed by atoms with Gasteiger partial charge in [0.15, 0.2) is 0 Å². The third-order valence-corrected chi connectivity index (χ3v) is 3.66. The van der Waals surface area contributed by atoms with Crippen LogP contribution in [-0.2, 0) is 0 Å². The molecule has 0 spiro atoms. The highest BCUT2D eigenvalue weighted by molar-refractivity contribution is 9.10. The van der Waals surface area contributed by atoms with Gasteiger partial charge in [0.25, 0.3) is 5.91 Å². The predicted octanol–water partition coefficient (Wildman–Crippen LogP) is 4.02. The summed E-state index contributed by atoms with van der Waals surface area (Å²) in [6, 6.07) is 12.7. The van der Waals surface area contributed by atoms with Crippen LogP contribution in [-0.4, -0.2) is 13.0 Å². The summed E-state index contributed by atoms with van der Waals surface area (Å²) in [5, 5.41) is 2.86. The maximum absolute atomic E-state index is 12.0. The van der Waals surface area contributed by atoms with Crippen molar-refractivity contribution in [3.63, 3.8) is 0 Å². The molecule has 0 bridgehead atoms. The van der Waals surface area contributed by atoms with Gasteiger partial charge in [-0.05, 0) is 55.0 Å². The largest absolute Gasteiger partial charge is 0.497 e. The molecule has 0 unspecified atom stereocenters. The first-order valence-electron chi connectivity index (χ1n) is 5.81. The summed E-state index contributed by atoms with van der Waals surface area (Å²) in [7, 11) is 1.60. The fourth-order valence-electron chi connectivity index (χ4n) is 1.67. The minimum absolute atomic E-state index is 0.135. The van der Waals surface area contributed by atoms with E-state index in [9.17, 15) is 4.79 Å². The monoisotopic (exact) mass is 319 g/mol. The Kier molecular flexibility index (Phi) is 4.22. The van der Waals surface area contributed by atoms with Gasteiger partial charge in [-0.25, -0.2) is 0 Å². The number of ether oxygens (including phenoxy) is 1. The topological polar surface area (TPSA) is 38.3 Å². The minimum Gasteiger partial charge on any atom is -0.497 e. The quantitative estimate of drug-likeness (QED) is 0.928. The molecule has 0 aliphatic rings. The number of methoxy groups -OCH3 is 1. The molecule has 19 heavy (non-hydrogen) atoms. The van der Waals surface area contributed by atoms with E-state index in [0.717, 1.165) is 21.5 Å². The Labute approximate surface area is 120 Å². The third-order valence-electron chi connectivity index (χ3n) is 2.77. The van der Waals surface area contributed by atoms with Crippen LogP contribution in [0.25, 0.3) is 0 Å². The molecule has 2 aromatic rings. The van der Waals surface area contributed by atoms with Gasteiger partial charge in [-0.1, -0.05) is 15.9 Å². The number of aryl methyl sites for hydroxylation is 1. The van der Waals surface area contributed by atoms with E-state index in [1.807, 2.05) is 25.1 Å². The molecule has 2 rings (SSSR count). The van der Waals surface area contributed by atoms with Crippen LogP contribution < -0.4 is 10.1 Å². The second-order valence-electron chi connectivity index (χ2n) is 4.15. The van der Waals surface area contributed by atoms with Gasteiger partial charge in [-0.15, -0.1) is 0 Å². The van der Waals surface area contributed by atoms with Crippen LogP contribution in [0.4, 0.5) is 5.69 Å². The van der Waals surface area contributed by atoms with E-state index in [4.69, 9.17) is 4.74 Å². The number of amides is 1. The summed E-state index contributed by atoms with van der Waals surface area (Å²) < 4.78 is 6.08. The van der Waals surface area contributed by atoms with E-state index >= 15 is 0 Å². The third kappa shape index (κ3) is 3.35. The summed E-state index contributed by atoms with van der Waals surface area (Å²) in [5.74, 6) is 0.598. The van der Waals surface area contributed by atoms with Crippen LogP contribution in [0, 0.1) is 6.92 Å². The summed E-state index contributed by atoms with van der Waals surface area (Å²) >= 11 is 3.43. The normalized spacial score (nSPS) is 10.1. The Morgan fingerprint density at radius 3 is 2.42 bits per heavy atom. The molecule has 3 nitrogen and oxygen atoms in total. The minimum atomic E-state index is -0.135. The molecule has 0 heterocycles. The average molecular weight is 320 g/mol. The van der Waals surface area contributed by atoms with Crippen molar-refractivity contribution in [2.45, 2.75) is 6.92 Å². The van der Waals surface area contributed by atoms with Crippen molar-refractivity contribution in [1.29, 1.82) is 0 Å². The Morgan fingerprint density at radius 2 is 1.84 bits per heavy atom. The van der Waals surface area contributed by atoms with Gasteiger partial charge < -0.3 is 10.1 Å². The smallest absolute Gasteiger partial charge is 0.255 e. The van der Waals surface area contributed by atoms with Crippen molar-refractivity contribution in [1.82, 2.24) is 0 Å². The van der Waals surface area contributed by atoms with Crippen molar-refractivity contribution >= 4 is 27.5 Å².